The van der Waals surface area contributed by atoms with Crippen LogP contribution in [0.5, 0.6) is 0 Å². The molecule has 96 valence electrons. The largest absolute Gasteiger partial charge is 0.390 e. The van der Waals surface area contributed by atoms with Gasteiger partial charge < -0.3 is 10.1 Å². The van der Waals surface area contributed by atoms with E-state index in [1.807, 2.05) is 0 Å². The average molecular weight is 240 g/mol. The molecule has 0 aliphatic carbocycles. The summed E-state index contributed by atoms with van der Waals surface area (Å²) in [5.74, 6) is 0. The first kappa shape index (κ1) is 13.7. The number of hydrogen-bond acceptors (Lipinski definition) is 3. The number of nitrogens with one attached hydrogen (secondary N) is 1. The number of ether oxygens (including phenoxy) is 1. The highest BCUT2D eigenvalue weighted by Gasteiger charge is 2.29. The number of alkyl halides is 3. The van der Waals surface area contributed by atoms with E-state index in [4.69, 9.17) is 4.74 Å². The molecule has 1 rings (SSSR count). The van der Waals surface area contributed by atoms with E-state index in [1.54, 1.807) is 6.92 Å². The molecule has 3 nitrogen and oxygen atoms in total. The van der Waals surface area contributed by atoms with E-state index in [9.17, 15) is 13.2 Å². The summed E-state index contributed by atoms with van der Waals surface area (Å²) < 4.78 is 41.2. The number of morpholine rings is 1. The summed E-state index contributed by atoms with van der Waals surface area (Å²) in [5.41, 5.74) is 0. The first-order valence-electron chi connectivity index (χ1n) is 5.57. The molecule has 16 heavy (non-hydrogen) atoms. The zero-order valence-electron chi connectivity index (χ0n) is 9.52. The minimum Gasteiger partial charge on any atom is -0.379 e. The highest BCUT2D eigenvalue weighted by atomic mass is 19.4. The Labute approximate surface area is 93.9 Å². The van der Waals surface area contributed by atoms with E-state index < -0.39 is 18.6 Å². The minimum atomic E-state index is -4.08. The molecule has 6 heteroatoms. The van der Waals surface area contributed by atoms with Crippen molar-refractivity contribution >= 4 is 0 Å². The van der Waals surface area contributed by atoms with Gasteiger partial charge in [0.2, 0.25) is 0 Å². The van der Waals surface area contributed by atoms with Crippen LogP contribution in [-0.4, -0.2) is 56.5 Å². The van der Waals surface area contributed by atoms with Gasteiger partial charge in [-0.1, -0.05) is 0 Å². The van der Waals surface area contributed by atoms with Crippen molar-refractivity contribution in [3.63, 3.8) is 0 Å². The van der Waals surface area contributed by atoms with Crippen molar-refractivity contribution in [2.24, 2.45) is 0 Å². The smallest absolute Gasteiger partial charge is 0.379 e. The van der Waals surface area contributed by atoms with Gasteiger partial charge in [-0.2, -0.15) is 13.2 Å². The standard InChI is InChI=1S/C10H19F3N2O/c1-9(8-10(11,12)13)14-2-3-15-4-6-16-7-5-15/h9,14H,2-8H2,1H3. The highest BCUT2D eigenvalue weighted by molar-refractivity contribution is 4.68. The third kappa shape index (κ3) is 6.30. The maximum Gasteiger partial charge on any atom is 0.390 e. The van der Waals surface area contributed by atoms with Crippen molar-refractivity contribution in [2.75, 3.05) is 39.4 Å². The Balaban J connectivity index is 2.05. The second kappa shape index (κ2) is 6.42. The van der Waals surface area contributed by atoms with Gasteiger partial charge in [-0.05, 0) is 6.92 Å². The van der Waals surface area contributed by atoms with Crippen molar-refractivity contribution in [3.05, 3.63) is 0 Å². The monoisotopic (exact) mass is 240 g/mol. The van der Waals surface area contributed by atoms with E-state index >= 15 is 0 Å². The molecule has 0 saturated carbocycles. The van der Waals surface area contributed by atoms with Crippen LogP contribution in [0.15, 0.2) is 0 Å². The Bertz CT molecular complexity index is 193. The van der Waals surface area contributed by atoms with Crippen molar-refractivity contribution in [1.29, 1.82) is 0 Å². The van der Waals surface area contributed by atoms with Gasteiger partial charge in [0, 0.05) is 32.2 Å². The molecule has 0 aromatic rings. The van der Waals surface area contributed by atoms with E-state index in [2.05, 4.69) is 10.2 Å². The molecule has 1 heterocycles. The SMILES string of the molecule is CC(CC(F)(F)F)NCCN1CCOCC1. The summed E-state index contributed by atoms with van der Waals surface area (Å²) in [5, 5.41) is 2.88. The molecule has 1 aliphatic rings. The Morgan fingerprint density at radius 1 is 1.31 bits per heavy atom. The third-order valence-electron chi connectivity index (χ3n) is 2.56. The second-order valence-corrected chi connectivity index (χ2v) is 4.13. The van der Waals surface area contributed by atoms with Gasteiger partial charge in [-0.15, -0.1) is 0 Å². The molecule has 1 fully saturated rings. The van der Waals surface area contributed by atoms with Gasteiger partial charge in [0.25, 0.3) is 0 Å². The second-order valence-electron chi connectivity index (χ2n) is 4.13. The fraction of sp³-hybridized carbons (Fsp3) is 1.00. The van der Waals surface area contributed by atoms with Gasteiger partial charge in [0.05, 0.1) is 19.6 Å². The predicted octanol–water partition coefficient (Wildman–Crippen LogP) is 1.25. The molecule has 0 bridgehead atoms. The number of nitrogens with zero attached hydrogens (tertiary/aromatic N) is 1. The number of rotatable bonds is 5. The molecular weight excluding hydrogens is 221 g/mol. The third-order valence-corrected chi connectivity index (χ3v) is 2.56. The molecule has 1 unspecified atom stereocenters. The molecule has 0 aromatic heterocycles. The van der Waals surface area contributed by atoms with E-state index in [-0.39, 0.29) is 0 Å². The quantitative estimate of drug-likeness (QED) is 0.782. The minimum absolute atomic E-state index is 0.513. The summed E-state index contributed by atoms with van der Waals surface area (Å²) in [6, 6.07) is -0.513. The fourth-order valence-corrected chi connectivity index (χ4v) is 1.71. The average Bonchev–Trinajstić information content (AvgIpc) is 2.16. The maximum atomic E-state index is 12.0. The van der Waals surface area contributed by atoms with E-state index in [0.717, 1.165) is 32.8 Å². The van der Waals surface area contributed by atoms with Crippen molar-refractivity contribution in [1.82, 2.24) is 10.2 Å². The normalized spacial score (nSPS) is 21.0. The van der Waals surface area contributed by atoms with E-state index in [0.29, 0.717) is 6.54 Å². The molecule has 1 atom stereocenters. The van der Waals surface area contributed by atoms with Crippen molar-refractivity contribution in [3.8, 4) is 0 Å². The summed E-state index contributed by atoms with van der Waals surface area (Å²) in [6.07, 6.45) is -4.85. The Morgan fingerprint density at radius 2 is 1.94 bits per heavy atom. The highest BCUT2D eigenvalue weighted by Crippen LogP contribution is 2.21. The molecule has 1 aliphatic heterocycles. The molecule has 0 spiro atoms. The predicted molar refractivity (Wildman–Crippen MR) is 55.4 cm³/mol. The zero-order valence-corrected chi connectivity index (χ0v) is 9.52. The Hall–Kier alpha value is -0.330. The lowest BCUT2D eigenvalue weighted by atomic mass is 10.2. The molecule has 1 N–H and O–H groups in total. The summed E-state index contributed by atoms with van der Waals surface area (Å²) in [6.45, 7) is 6.12. The van der Waals surface area contributed by atoms with Gasteiger partial charge >= 0.3 is 6.18 Å². The lowest BCUT2D eigenvalue weighted by Crippen LogP contribution is -2.42. The topological polar surface area (TPSA) is 24.5 Å². The zero-order chi connectivity index (χ0) is 12.0. The van der Waals surface area contributed by atoms with Crippen LogP contribution in [0.4, 0.5) is 13.2 Å². The lowest BCUT2D eigenvalue weighted by molar-refractivity contribution is -0.139. The first-order valence-corrected chi connectivity index (χ1v) is 5.57. The number of hydrogen-bond donors (Lipinski definition) is 1. The van der Waals surface area contributed by atoms with Gasteiger partial charge in [-0.3, -0.25) is 4.90 Å². The fourth-order valence-electron chi connectivity index (χ4n) is 1.71. The first-order chi connectivity index (χ1) is 7.47. The summed E-state index contributed by atoms with van der Waals surface area (Å²) >= 11 is 0. The summed E-state index contributed by atoms with van der Waals surface area (Å²) in [7, 11) is 0. The van der Waals surface area contributed by atoms with Crippen molar-refractivity contribution in [2.45, 2.75) is 25.6 Å². The lowest BCUT2D eigenvalue weighted by Gasteiger charge is -2.27. The van der Waals surface area contributed by atoms with Crippen LogP contribution in [0.3, 0.4) is 0 Å². The van der Waals surface area contributed by atoms with Crippen LogP contribution >= 0.6 is 0 Å². The van der Waals surface area contributed by atoms with Gasteiger partial charge in [-0.25, -0.2) is 0 Å². The molecule has 0 radical (unpaired) electrons. The van der Waals surface area contributed by atoms with Crippen LogP contribution < -0.4 is 5.32 Å². The molecule has 0 amide bonds. The van der Waals surface area contributed by atoms with Crippen LogP contribution in [0.2, 0.25) is 0 Å². The molecule has 1 saturated heterocycles. The van der Waals surface area contributed by atoms with Gasteiger partial charge in [0.15, 0.2) is 0 Å². The van der Waals surface area contributed by atoms with E-state index in [1.165, 1.54) is 0 Å². The molecule has 0 aromatic carbocycles. The van der Waals surface area contributed by atoms with Crippen molar-refractivity contribution < 1.29 is 17.9 Å². The van der Waals surface area contributed by atoms with Crippen LogP contribution in [0, 0.1) is 0 Å². The Morgan fingerprint density at radius 3 is 2.50 bits per heavy atom. The van der Waals surface area contributed by atoms with Crippen LogP contribution in [0.1, 0.15) is 13.3 Å². The van der Waals surface area contributed by atoms with Crippen LogP contribution in [0.25, 0.3) is 0 Å². The van der Waals surface area contributed by atoms with Crippen LogP contribution in [-0.2, 0) is 4.74 Å². The number of halogens is 3. The van der Waals surface area contributed by atoms with Gasteiger partial charge in [0.1, 0.15) is 0 Å². The Kier molecular flexibility index (Phi) is 5.51. The summed E-state index contributed by atoms with van der Waals surface area (Å²) in [4.78, 5) is 2.19. The molecular formula is C10H19F3N2O. The maximum absolute atomic E-state index is 12.0.